The highest BCUT2D eigenvalue weighted by atomic mass is 32.1. The molecular weight excluding hydrogens is 316 g/mol. The van der Waals surface area contributed by atoms with Gasteiger partial charge in [-0.05, 0) is 36.1 Å². The van der Waals surface area contributed by atoms with Crippen LogP contribution in [-0.2, 0) is 11.3 Å². The van der Waals surface area contributed by atoms with Gasteiger partial charge in [-0.25, -0.2) is 4.79 Å². The highest BCUT2D eigenvalue weighted by Crippen LogP contribution is 2.26. The molecule has 0 fully saturated rings. The van der Waals surface area contributed by atoms with Gasteiger partial charge in [0.25, 0.3) is 11.8 Å². The highest BCUT2D eigenvalue weighted by Gasteiger charge is 2.20. The number of hydrogen-bond acceptors (Lipinski definition) is 7. The van der Waals surface area contributed by atoms with Gasteiger partial charge in [-0.1, -0.05) is 18.2 Å². The minimum absolute atomic E-state index is 0.0702. The molecule has 3 aromatic rings. The molecule has 0 spiro atoms. The summed E-state index contributed by atoms with van der Waals surface area (Å²) in [5.74, 6) is 0.164. The smallest absolute Gasteiger partial charge is 0.338 e. The van der Waals surface area contributed by atoms with Crippen molar-refractivity contribution in [2.45, 2.75) is 19.6 Å². The molecule has 2 heterocycles. The molecule has 0 bridgehead atoms. The van der Waals surface area contributed by atoms with E-state index in [1.54, 1.807) is 31.2 Å². The van der Waals surface area contributed by atoms with Crippen LogP contribution in [0.1, 0.15) is 34.8 Å². The Kier molecular flexibility index (Phi) is 4.50. The first-order valence-electron chi connectivity index (χ1n) is 6.95. The number of carbonyl (C=O) groups excluding carboxylic acids is 1. The van der Waals surface area contributed by atoms with Gasteiger partial charge in [0.1, 0.15) is 0 Å². The number of thiophene rings is 1. The van der Waals surface area contributed by atoms with E-state index < -0.39 is 12.1 Å². The van der Waals surface area contributed by atoms with Gasteiger partial charge in [-0.3, -0.25) is 0 Å². The number of ether oxygens (including phenoxy) is 1. The third-order valence-corrected chi connectivity index (χ3v) is 4.03. The molecule has 0 unspecified atom stereocenters. The standard InChI is InChI=1S/C16H14N2O4S/c1-10(14-17-18-15(22-14)13-3-2-8-23-13)21-16(20)12-6-4-11(9-19)5-7-12/h2-8,10,19H,9H2,1H3/t10-/m0/s1. The van der Waals surface area contributed by atoms with Gasteiger partial charge in [0.15, 0.2) is 6.10 Å². The molecule has 6 nitrogen and oxygen atoms in total. The van der Waals surface area contributed by atoms with E-state index in [2.05, 4.69) is 10.2 Å². The third-order valence-electron chi connectivity index (χ3n) is 3.18. The molecule has 0 aliphatic carbocycles. The Morgan fingerprint density at radius 3 is 2.74 bits per heavy atom. The van der Waals surface area contributed by atoms with Crippen LogP contribution >= 0.6 is 11.3 Å². The fourth-order valence-electron chi connectivity index (χ4n) is 1.92. The van der Waals surface area contributed by atoms with E-state index >= 15 is 0 Å². The average molecular weight is 330 g/mol. The van der Waals surface area contributed by atoms with Crippen molar-refractivity contribution in [2.24, 2.45) is 0 Å². The molecule has 118 valence electrons. The van der Waals surface area contributed by atoms with E-state index in [0.717, 1.165) is 10.4 Å². The van der Waals surface area contributed by atoms with Crippen LogP contribution in [0.15, 0.2) is 46.2 Å². The minimum Gasteiger partial charge on any atom is -0.449 e. The van der Waals surface area contributed by atoms with Crippen LogP contribution in [0.3, 0.4) is 0 Å². The van der Waals surface area contributed by atoms with Crippen LogP contribution in [0.5, 0.6) is 0 Å². The maximum absolute atomic E-state index is 12.1. The zero-order valence-electron chi connectivity index (χ0n) is 12.3. The fraction of sp³-hybridized carbons (Fsp3) is 0.188. The molecule has 0 aliphatic heterocycles. The first-order chi connectivity index (χ1) is 11.2. The predicted octanol–water partition coefficient (Wildman–Crippen LogP) is 3.21. The number of rotatable bonds is 5. The molecule has 1 atom stereocenters. The van der Waals surface area contributed by atoms with Gasteiger partial charge < -0.3 is 14.3 Å². The van der Waals surface area contributed by atoms with E-state index in [0.29, 0.717) is 11.5 Å². The van der Waals surface area contributed by atoms with Gasteiger partial charge in [0, 0.05) is 0 Å². The van der Waals surface area contributed by atoms with Gasteiger partial charge in [-0.2, -0.15) is 0 Å². The van der Waals surface area contributed by atoms with Crippen molar-refractivity contribution < 1.29 is 19.1 Å². The first-order valence-corrected chi connectivity index (χ1v) is 7.83. The summed E-state index contributed by atoms with van der Waals surface area (Å²) < 4.78 is 10.9. The van der Waals surface area contributed by atoms with Crippen molar-refractivity contribution in [3.05, 3.63) is 58.8 Å². The predicted molar refractivity (Wildman–Crippen MR) is 83.8 cm³/mol. The second kappa shape index (κ2) is 6.72. The Morgan fingerprint density at radius 1 is 1.30 bits per heavy atom. The number of carbonyl (C=O) groups is 1. The van der Waals surface area contributed by atoms with Crippen LogP contribution in [0, 0.1) is 0 Å². The average Bonchev–Trinajstić information content (AvgIpc) is 3.25. The van der Waals surface area contributed by atoms with Crippen LogP contribution in [0.25, 0.3) is 10.8 Å². The molecule has 0 aliphatic rings. The molecule has 3 rings (SSSR count). The molecule has 2 aromatic heterocycles. The second-order valence-electron chi connectivity index (χ2n) is 4.83. The molecule has 0 radical (unpaired) electrons. The van der Waals surface area contributed by atoms with Crippen LogP contribution in [0.4, 0.5) is 0 Å². The largest absolute Gasteiger partial charge is 0.449 e. The molecule has 1 aromatic carbocycles. The number of esters is 1. The summed E-state index contributed by atoms with van der Waals surface area (Å²) in [6, 6.07) is 10.3. The number of benzene rings is 1. The number of aliphatic hydroxyl groups is 1. The summed E-state index contributed by atoms with van der Waals surface area (Å²) >= 11 is 1.49. The number of nitrogens with zero attached hydrogens (tertiary/aromatic N) is 2. The molecule has 23 heavy (non-hydrogen) atoms. The minimum atomic E-state index is -0.652. The van der Waals surface area contributed by atoms with E-state index in [1.165, 1.54) is 11.3 Å². The molecular formula is C16H14N2O4S. The van der Waals surface area contributed by atoms with Crippen LogP contribution in [0.2, 0.25) is 0 Å². The third kappa shape index (κ3) is 3.46. The van der Waals surface area contributed by atoms with E-state index in [-0.39, 0.29) is 12.5 Å². The van der Waals surface area contributed by atoms with Crippen molar-refractivity contribution >= 4 is 17.3 Å². The Balaban J connectivity index is 1.68. The summed E-state index contributed by atoms with van der Waals surface area (Å²) in [5, 5.41) is 18.8. The lowest BCUT2D eigenvalue weighted by molar-refractivity contribution is 0.0280. The Morgan fingerprint density at radius 2 is 2.09 bits per heavy atom. The van der Waals surface area contributed by atoms with Crippen LogP contribution < -0.4 is 0 Å². The zero-order chi connectivity index (χ0) is 16.2. The van der Waals surface area contributed by atoms with Crippen molar-refractivity contribution in [3.63, 3.8) is 0 Å². The van der Waals surface area contributed by atoms with Crippen molar-refractivity contribution in [3.8, 4) is 10.8 Å². The lowest BCUT2D eigenvalue weighted by Crippen LogP contribution is -2.09. The summed E-state index contributed by atoms with van der Waals surface area (Å²) in [6.45, 7) is 1.60. The summed E-state index contributed by atoms with van der Waals surface area (Å²) in [4.78, 5) is 13.0. The van der Waals surface area contributed by atoms with Gasteiger partial charge in [-0.15, -0.1) is 21.5 Å². The Labute approximate surface area is 136 Å². The maximum Gasteiger partial charge on any atom is 0.338 e. The van der Waals surface area contributed by atoms with Crippen LogP contribution in [-0.4, -0.2) is 21.3 Å². The van der Waals surface area contributed by atoms with Crippen molar-refractivity contribution in [1.82, 2.24) is 10.2 Å². The Hall–Kier alpha value is -2.51. The van der Waals surface area contributed by atoms with Gasteiger partial charge in [0.05, 0.1) is 17.0 Å². The first kappa shape index (κ1) is 15.4. The monoisotopic (exact) mass is 330 g/mol. The molecule has 1 N–H and O–H groups in total. The highest BCUT2D eigenvalue weighted by molar-refractivity contribution is 7.13. The molecule has 0 saturated heterocycles. The lowest BCUT2D eigenvalue weighted by atomic mass is 10.1. The number of aliphatic hydroxyl groups excluding tert-OH is 1. The summed E-state index contributed by atoms with van der Waals surface area (Å²) in [5.41, 5.74) is 1.12. The lowest BCUT2D eigenvalue weighted by Gasteiger charge is -2.09. The SMILES string of the molecule is C[C@H](OC(=O)c1ccc(CO)cc1)c1nnc(-c2cccs2)o1. The zero-order valence-corrected chi connectivity index (χ0v) is 13.1. The molecule has 0 amide bonds. The fourth-order valence-corrected chi connectivity index (χ4v) is 2.57. The van der Waals surface area contributed by atoms with Gasteiger partial charge in [0.2, 0.25) is 0 Å². The molecule has 7 heteroatoms. The number of hydrogen-bond donors (Lipinski definition) is 1. The molecule has 0 saturated carbocycles. The van der Waals surface area contributed by atoms with E-state index in [1.807, 2.05) is 17.5 Å². The van der Waals surface area contributed by atoms with E-state index in [9.17, 15) is 4.79 Å². The Bertz CT molecular complexity index is 781. The van der Waals surface area contributed by atoms with Gasteiger partial charge >= 0.3 is 5.97 Å². The summed E-state index contributed by atoms with van der Waals surface area (Å²) in [6.07, 6.45) is -0.652. The maximum atomic E-state index is 12.1. The van der Waals surface area contributed by atoms with Crippen molar-refractivity contribution in [2.75, 3.05) is 0 Å². The topological polar surface area (TPSA) is 85.5 Å². The summed E-state index contributed by atoms with van der Waals surface area (Å²) in [7, 11) is 0. The second-order valence-corrected chi connectivity index (χ2v) is 5.77. The normalized spacial score (nSPS) is 12.1. The van der Waals surface area contributed by atoms with E-state index in [4.69, 9.17) is 14.3 Å². The van der Waals surface area contributed by atoms with Crippen molar-refractivity contribution in [1.29, 1.82) is 0 Å². The quantitative estimate of drug-likeness (QED) is 0.723. The number of aromatic nitrogens is 2.